The monoisotopic (exact) mass is 289 g/mol. The molecule has 0 aliphatic heterocycles. The normalized spacial score (nSPS) is 10.2. The zero-order chi connectivity index (χ0) is 12.3. The molecule has 0 bridgehead atoms. The summed E-state index contributed by atoms with van der Waals surface area (Å²) in [5.74, 6) is 0.889. The van der Waals surface area contributed by atoms with Crippen LogP contribution in [-0.2, 0) is 0 Å². The van der Waals surface area contributed by atoms with Gasteiger partial charge in [-0.25, -0.2) is 4.98 Å². The number of fused-ring (bicyclic) bond motifs is 1. The summed E-state index contributed by atoms with van der Waals surface area (Å²) < 4.78 is 0.991. The van der Waals surface area contributed by atoms with E-state index < -0.39 is 0 Å². The van der Waals surface area contributed by atoms with Crippen LogP contribution in [-0.4, -0.2) is 18.6 Å². The fourth-order valence-corrected chi connectivity index (χ4v) is 2.12. The number of hydrogen-bond acceptors (Lipinski definition) is 3. The molecule has 0 radical (unpaired) electrons. The maximum Gasteiger partial charge on any atom is 0.129 e. The molecule has 0 aliphatic carbocycles. The Labute approximate surface area is 109 Å². The summed E-state index contributed by atoms with van der Waals surface area (Å²) in [5, 5.41) is 9.68. The van der Waals surface area contributed by atoms with Gasteiger partial charge >= 0.3 is 0 Å². The molecule has 0 amide bonds. The summed E-state index contributed by atoms with van der Waals surface area (Å²) in [4.78, 5) is 6.59. The predicted octanol–water partition coefficient (Wildman–Crippen LogP) is 3.35. The Morgan fingerprint density at radius 3 is 2.94 bits per heavy atom. The number of pyridine rings is 1. The molecule has 3 nitrogen and oxygen atoms in total. The molecule has 0 saturated heterocycles. The highest BCUT2D eigenvalue weighted by Gasteiger charge is 2.05. The molecule has 1 aromatic heterocycles. The van der Waals surface area contributed by atoms with Gasteiger partial charge in [0.1, 0.15) is 5.82 Å². The van der Waals surface area contributed by atoms with Crippen molar-refractivity contribution in [3.8, 4) is 6.07 Å². The Hall–Kier alpha value is -1.60. The molecule has 0 N–H and O–H groups in total. The molecule has 0 atom stereocenters. The molecule has 2 rings (SSSR count). The van der Waals surface area contributed by atoms with Crippen molar-refractivity contribution in [3.63, 3.8) is 0 Å². The van der Waals surface area contributed by atoms with E-state index in [0.717, 1.165) is 21.2 Å². The van der Waals surface area contributed by atoms with E-state index in [1.807, 2.05) is 42.3 Å². The highest BCUT2D eigenvalue weighted by atomic mass is 79.9. The van der Waals surface area contributed by atoms with E-state index >= 15 is 0 Å². The van der Waals surface area contributed by atoms with Gasteiger partial charge in [-0.3, -0.25) is 0 Å². The second-order valence-corrected chi connectivity index (χ2v) is 4.67. The Balaban J connectivity index is 2.37. The number of benzene rings is 1. The number of anilines is 1. The highest BCUT2D eigenvalue weighted by Crippen LogP contribution is 2.24. The van der Waals surface area contributed by atoms with Crippen LogP contribution >= 0.6 is 15.9 Å². The van der Waals surface area contributed by atoms with Crippen LogP contribution in [0, 0.1) is 11.3 Å². The summed E-state index contributed by atoms with van der Waals surface area (Å²) in [5.41, 5.74) is 0.953. The van der Waals surface area contributed by atoms with Crippen LogP contribution in [0.1, 0.15) is 6.42 Å². The van der Waals surface area contributed by atoms with Crippen molar-refractivity contribution >= 4 is 32.7 Å². The first-order valence-electron chi connectivity index (χ1n) is 5.36. The Bertz CT molecular complexity index is 574. The zero-order valence-corrected chi connectivity index (χ0v) is 11.1. The van der Waals surface area contributed by atoms with Crippen molar-refractivity contribution in [2.75, 3.05) is 18.5 Å². The van der Waals surface area contributed by atoms with Gasteiger partial charge in [0, 0.05) is 23.5 Å². The zero-order valence-electron chi connectivity index (χ0n) is 9.52. The fraction of sp³-hybridized carbons (Fsp3) is 0.231. The first-order valence-corrected chi connectivity index (χ1v) is 6.15. The maximum atomic E-state index is 8.57. The lowest BCUT2D eigenvalue weighted by molar-refractivity contribution is 0.888. The summed E-state index contributed by atoms with van der Waals surface area (Å²) in [6, 6.07) is 12.2. The topological polar surface area (TPSA) is 39.9 Å². The van der Waals surface area contributed by atoms with Crippen molar-refractivity contribution in [1.29, 1.82) is 5.26 Å². The minimum atomic E-state index is 0.506. The van der Waals surface area contributed by atoms with Crippen molar-refractivity contribution in [2.45, 2.75) is 6.42 Å². The Morgan fingerprint density at radius 1 is 1.35 bits per heavy atom. The minimum Gasteiger partial charge on any atom is -0.359 e. The van der Waals surface area contributed by atoms with E-state index in [0.29, 0.717) is 13.0 Å². The third-order valence-corrected chi connectivity index (χ3v) is 3.25. The standard InChI is InChI=1S/C13H12BrN3/c1-17(9-3-8-15)12-7-6-10-4-2-5-11(14)13(10)16-12/h2,4-7H,3,9H2,1H3. The van der Waals surface area contributed by atoms with E-state index in [9.17, 15) is 0 Å². The van der Waals surface area contributed by atoms with Gasteiger partial charge in [-0.2, -0.15) is 5.26 Å². The number of rotatable bonds is 3. The summed E-state index contributed by atoms with van der Waals surface area (Å²) in [6.07, 6.45) is 0.506. The molecule has 0 saturated carbocycles. The molecule has 0 spiro atoms. The van der Waals surface area contributed by atoms with Gasteiger partial charge < -0.3 is 4.90 Å². The minimum absolute atomic E-state index is 0.506. The molecule has 0 unspecified atom stereocenters. The molecule has 4 heteroatoms. The van der Waals surface area contributed by atoms with Crippen LogP contribution in [0.4, 0.5) is 5.82 Å². The number of aromatic nitrogens is 1. The lowest BCUT2D eigenvalue weighted by Crippen LogP contribution is -2.19. The van der Waals surface area contributed by atoms with Crippen LogP contribution in [0.15, 0.2) is 34.8 Å². The van der Waals surface area contributed by atoms with E-state index in [4.69, 9.17) is 5.26 Å². The van der Waals surface area contributed by atoms with Crippen LogP contribution in [0.3, 0.4) is 0 Å². The lowest BCUT2D eigenvalue weighted by Gasteiger charge is -2.17. The molecule has 0 aliphatic rings. The molecule has 1 aromatic carbocycles. The number of nitrogens with zero attached hydrogens (tertiary/aromatic N) is 3. The van der Waals surface area contributed by atoms with Gasteiger partial charge in [0.25, 0.3) is 0 Å². The van der Waals surface area contributed by atoms with Crippen LogP contribution < -0.4 is 4.90 Å². The first kappa shape index (κ1) is 11.9. The van der Waals surface area contributed by atoms with E-state index in [1.54, 1.807) is 0 Å². The van der Waals surface area contributed by atoms with Gasteiger partial charge in [-0.05, 0) is 34.1 Å². The van der Waals surface area contributed by atoms with Gasteiger partial charge in [-0.1, -0.05) is 12.1 Å². The third-order valence-electron chi connectivity index (χ3n) is 2.61. The van der Waals surface area contributed by atoms with Crippen LogP contribution in [0.25, 0.3) is 10.9 Å². The van der Waals surface area contributed by atoms with E-state index in [-0.39, 0.29) is 0 Å². The van der Waals surface area contributed by atoms with Crippen molar-refractivity contribution in [3.05, 3.63) is 34.8 Å². The SMILES string of the molecule is CN(CCC#N)c1ccc2cccc(Br)c2n1. The van der Waals surface area contributed by atoms with E-state index in [2.05, 4.69) is 27.0 Å². The summed E-state index contributed by atoms with van der Waals surface area (Å²) in [6.45, 7) is 0.694. The number of halogens is 1. The maximum absolute atomic E-state index is 8.57. The molecule has 1 heterocycles. The number of hydrogen-bond donors (Lipinski definition) is 0. The molecule has 86 valence electrons. The van der Waals surface area contributed by atoms with Crippen LogP contribution in [0.5, 0.6) is 0 Å². The van der Waals surface area contributed by atoms with Gasteiger partial charge in [0.2, 0.25) is 0 Å². The summed E-state index contributed by atoms with van der Waals surface area (Å²) in [7, 11) is 1.95. The average Bonchev–Trinajstić information content (AvgIpc) is 2.36. The largest absolute Gasteiger partial charge is 0.359 e. The second-order valence-electron chi connectivity index (χ2n) is 3.81. The van der Waals surface area contributed by atoms with E-state index in [1.165, 1.54) is 0 Å². The quantitative estimate of drug-likeness (QED) is 0.870. The van der Waals surface area contributed by atoms with Gasteiger partial charge in [-0.15, -0.1) is 0 Å². The molecular weight excluding hydrogens is 278 g/mol. The van der Waals surface area contributed by atoms with Crippen molar-refractivity contribution in [2.24, 2.45) is 0 Å². The number of nitriles is 1. The highest BCUT2D eigenvalue weighted by molar-refractivity contribution is 9.10. The average molecular weight is 290 g/mol. The molecule has 0 fully saturated rings. The first-order chi connectivity index (χ1) is 8.22. The van der Waals surface area contributed by atoms with Crippen molar-refractivity contribution in [1.82, 2.24) is 4.98 Å². The lowest BCUT2D eigenvalue weighted by atomic mass is 10.2. The predicted molar refractivity (Wildman–Crippen MR) is 72.9 cm³/mol. The third kappa shape index (κ3) is 2.56. The van der Waals surface area contributed by atoms with Crippen molar-refractivity contribution < 1.29 is 0 Å². The molecule has 17 heavy (non-hydrogen) atoms. The summed E-state index contributed by atoms with van der Waals surface area (Å²) >= 11 is 3.50. The fourth-order valence-electron chi connectivity index (χ4n) is 1.65. The number of para-hydroxylation sites is 1. The smallest absolute Gasteiger partial charge is 0.129 e. The van der Waals surface area contributed by atoms with Crippen LogP contribution in [0.2, 0.25) is 0 Å². The molecule has 2 aromatic rings. The molecular formula is C13H12BrN3. The van der Waals surface area contributed by atoms with Gasteiger partial charge in [0.15, 0.2) is 0 Å². The Morgan fingerprint density at radius 2 is 2.18 bits per heavy atom. The Kier molecular flexibility index (Phi) is 3.60. The van der Waals surface area contributed by atoms with Gasteiger partial charge in [0.05, 0.1) is 18.0 Å². The second kappa shape index (κ2) is 5.15.